The Kier molecular flexibility index (Phi) is 4.68. The van der Waals surface area contributed by atoms with Gasteiger partial charge in [0.2, 0.25) is 0 Å². The molecule has 1 rings (SSSR count). The SMILES string of the molecule is Cc1cc(C(=O)NCC(C)CCC(=O)O)n[nH]1. The van der Waals surface area contributed by atoms with Crippen LogP contribution in [0.2, 0.25) is 0 Å². The largest absolute Gasteiger partial charge is 0.481 e. The lowest BCUT2D eigenvalue weighted by Gasteiger charge is -2.10. The van der Waals surface area contributed by atoms with Crippen LogP contribution >= 0.6 is 0 Å². The van der Waals surface area contributed by atoms with Crippen LogP contribution in [0.5, 0.6) is 0 Å². The summed E-state index contributed by atoms with van der Waals surface area (Å²) in [5.74, 6) is -0.919. The minimum Gasteiger partial charge on any atom is -0.481 e. The maximum Gasteiger partial charge on any atom is 0.303 e. The lowest BCUT2D eigenvalue weighted by Crippen LogP contribution is -2.28. The van der Waals surface area contributed by atoms with Crippen molar-refractivity contribution in [2.75, 3.05) is 6.54 Å². The van der Waals surface area contributed by atoms with E-state index in [0.29, 0.717) is 18.7 Å². The second-order valence-corrected chi connectivity index (χ2v) is 4.18. The maximum atomic E-state index is 11.6. The van der Waals surface area contributed by atoms with E-state index in [1.54, 1.807) is 6.07 Å². The van der Waals surface area contributed by atoms with E-state index in [-0.39, 0.29) is 18.2 Å². The Hall–Kier alpha value is -1.85. The van der Waals surface area contributed by atoms with Gasteiger partial charge in [0, 0.05) is 18.7 Å². The fraction of sp³-hybridized carbons (Fsp3) is 0.545. The van der Waals surface area contributed by atoms with Gasteiger partial charge in [-0.25, -0.2) is 0 Å². The molecule has 0 saturated carbocycles. The third-order valence-corrected chi connectivity index (χ3v) is 2.40. The van der Waals surface area contributed by atoms with E-state index in [4.69, 9.17) is 5.11 Å². The fourth-order valence-corrected chi connectivity index (χ4v) is 1.36. The van der Waals surface area contributed by atoms with E-state index in [2.05, 4.69) is 15.5 Å². The van der Waals surface area contributed by atoms with Crippen molar-refractivity contribution in [3.05, 3.63) is 17.5 Å². The van der Waals surface area contributed by atoms with Crippen molar-refractivity contribution in [3.63, 3.8) is 0 Å². The van der Waals surface area contributed by atoms with E-state index in [1.807, 2.05) is 13.8 Å². The zero-order chi connectivity index (χ0) is 12.8. The number of aromatic amines is 1. The number of carbonyl (C=O) groups is 2. The molecule has 0 aliphatic heterocycles. The Balaban J connectivity index is 2.30. The van der Waals surface area contributed by atoms with Gasteiger partial charge in [-0.3, -0.25) is 14.7 Å². The molecule has 0 radical (unpaired) electrons. The summed E-state index contributed by atoms with van der Waals surface area (Å²) < 4.78 is 0. The molecular formula is C11H17N3O3. The molecule has 1 heterocycles. The molecule has 0 aromatic carbocycles. The summed E-state index contributed by atoms with van der Waals surface area (Å²) in [6, 6.07) is 1.66. The molecule has 0 bridgehead atoms. The van der Waals surface area contributed by atoms with Crippen LogP contribution in [0.15, 0.2) is 6.07 Å². The molecule has 1 amide bonds. The zero-order valence-electron chi connectivity index (χ0n) is 9.99. The Morgan fingerprint density at radius 2 is 2.29 bits per heavy atom. The van der Waals surface area contributed by atoms with Gasteiger partial charge >= 0.3 is 5.97 Å². The molecule has 1 atom stereocenters. The Labute approximate surface area is 99.4 Å². The van der Waals surface area contributed by atoms with Crippen molar-refractivity contribution >= 4 is 11.9 Å². The number of nitrogens with zero attached hydrogens (tertiary/aromatic N) is 1. The van der Waals surface area contributed by atoms with Crippen LogP contribution < -0.4 is 5.32 Å². The summed E-state index contributed by atoms with van der Waals surface area (Å²) in [6.45, 7) is 4.18. The number of rotatable bonds is 6. The molecule has 94 valence electrons. The minimum atomic E-state index is -0.814. The number of nitrogens with one attached hydrogen (secondary N) is 2. The van der Waals surface area contributed by atoms with E-state index in [9.17, 15) is 9.59 Å². The van der Waals surface area contributed by atoms with E-state index < -0.39 is 5.97 Å². The number of carboxylic acid groups (broad SMARTS) is 1. The molecule has 0 saturated heterocycles. The first-order valence-corrected chi connectivity index (χ1v) is 5.51. The molecule has 17 heavy (non-hydrogen) atoms. The standard InChI is InChI=1S/C11H17N3O3/c1-7(3-4-10(15)16)6-12-11(17)9-5-8(2)13-14-9/h5,7H,3-4,6H2,1-2H3,(H,12,17)(H,13,14)(H,15,16). The van der Waals surface area contributed by atoms with Crippen molar-refractivity contribution in [2.45, 2.75) is 26.7 Å². The number of aromatic nitrogens is 2. The summed E-state index contributed by atoms with van der Waals surface area (Å²) in [7, 11) is 0. The topological polar surface area (TPSA) is 95.1 Å². The lowest BCUT2D eigenvalue weighted by atomic mass is 10.1. The van der Waals surface area contributed by atoms with Crippen LogP contribution in [0.1, 0.15) is 35.9 Å². The zero-order valence-corrected chi connectivity index (χ0v) is 9.99. The first-order chi connectivity index (χ1) is 7.99. The van der Waals surface area contributed by atoms with Crippen LogP contribution in [0.3, 0.4) is 0 Å². The van der Waals surface area contributed by atoms with Crippen molar-refractivity contribution in [1.29, 1.82) is 0 Å². The molecule has 6 heteroatoms. The predicted molar refractivity (Wildman–Crippen MR) is 61.7 cm³/mol. The van der Waals surface area contributed by atoms with Gasteiger partial charge in [0.05, 0.1) is 0 Å². The van der Waals surface area contributed by atoms with Gasteiger partial charge in [0.1, 0.15) is 5.69 Å². The molecule has 0 aliphatic rings. The first-order valence-electron chi connectivity index (χ1n) is 5.51. The predicted octanol–water partition coefficient (Wildman–Crippen LogP) is 0.949. The van der Waals surface area contributed by atoms with Crippen LogP contribution in [0.4, 0.5) is 0 Å². The summed E-state index contributed by atoms with van der Waals surface area (Å²) >= 11 is 0. The number of H-pyrrole nitrogens is 1. The third-order valence-electron chi connectivity index (χ3n) is 2.40. The smallest absolute Gasteiger partial charge is 0.303 e. The summed E-state index contributed by atoms with van der Waals surface area (Å²) in [4.78, 5) is 22.0. The summed E-state index contributed by atoms with van der Waals surface area (Å²) in [6.07, 6.45) is 0.674. The molecule has 1 aromatic heterocycles. The van der Waals surface area contributed by atoms with Crippen molar-refractivity contribution < 1.29 is 14.7 Å². The minimum absolute atomic E-state index is 0.124. The number of amides is 1. The van der Waals surface area contributed by atoms with E-state index in [1.165, 1.54) is 0 Å². The maximum absolute atomic E-state index is 11.6. The molecule has 6 nitrogen and oxygen atoms in total. The lowest BCUT2D eigenvalue weighted by molar-refractivity contribution is -0.137. The highest BCUT2D eigenvalue weighted by Crippen LogP contribution is 2.04. The summed E-state index contributed by atoms with van der Waals surface area (Å²) in [5.41, 5.74) is 1.18. The average molecular weight is 239 g/mol. The Bertz CT molecular complexity index is 400. The number of aryl methyl sites for hydroxylation is 1. The number of aliphatic carboxylic acids is 1. The second-order valence-electron chi connectivity index (χ2n) is 4.18. The van der Waals surface area contributed by atoms with Gasteiger partial charge in [-0.1, -0.05) is 6.92 Å². The molecule has 0 aliphatic carbocycles. The highest BCUT2D eigenvalue weighted by Gasteiger charge is 2.11. The van der Waals surface area contributed by atoms with Gasteiger partial charge in [-0.05, 0) is 25.3 Å². The number of hydrogen-bond acceptors (Lipinski definition) is 3. The van der Waals surface area contributed by atoms with Crippen LogP contribution in [-0.2, 0) is 4.79 Å². The molecule has 0 fully saturated rings. The van der Waals surface area contributed by atoms with Gasteiger partial charge in [0.15, 0.2) is 0 Å². The average Bonchev–Trinajstić information content (AvgIpc) is 2.70. The highest BCUT2D eigenvalue weighted by atomic mass is 16.4. The molecule has 1 aromatic rings. The van der Waals surface area contributed by atoms with Gasteiger partial charge in [-0.15, -0.1) is 0 Å². The first kappa shape index (κ1) is 13.2. The van der Waals surface area contributed by atoms with E-state index in [0.717, 1.165) is 5.69 Å². The number of carboxylic acids is 1. The fourth-order valence-electron chi connectivity index (χ4n) is 1.36. The molecular weight excluding hydrogens is 222 g/mol. The second kappa shape index (κ2) is 6.03. The van der Waals surface area contributed by atoms with Crippen molar-refractivity contribution in [1.82, 2.24) is 15.5 Å². The Morgan fingerprint density at radius 1 is 1.59 bits per heavy atom. The molecule has 0 spiro atoms. The van der Waals surface area contributed by atoms with Crippen LogP contribution in [0, 0.1) is 12.8 Å². The third kappa shape index (κ3) is 4.67. The number of carbonyl (C=O) groups excluding carboxylic acids is 1. The molecule has 3 N–H and O–H groups in total. The quantitative estimate of drug-likeness (QED) is 0.688. The number of hydrogen-bond donors (Lipinski definition) is 3. The monoisotopic (exact) mass is 239 g/mol. The van der Waals surface area contributed by atoms with Crippen LogP contribution in [-0.4, -0.2) is 33.7 Å². The molecule has 1 unspecified atom stereocenters. The highest BCUT2D eigenvalue weighted by molar-refractivity contribution is 5.92. The van der Waals surface area contributed by atoms with Gasteiger partial charge in [0.25, 0.3) is 5.91 Å². The Morgan fingerprint density at radius 3 is 2.82 bits per heavy atom. The van der Waals surface area contributed by atoms with Gasteiger partial charge in [-0.2, -0.15) is 5.10 Å². The van der Waals surface area contributed by atoms with E-state index >= 15 is 0 Å². The summed E-state index contributed by atoms with van der Waals surface area (Å²) in [5, 5.41) is 17.8. The van der Waals surface area contributed by atoms with Crippen molar-refractivity contribution in [3.8, 4) is 0 Å². The normalized spacial score (nSPS) is 12.1. The van der Waals surface area contributed by atoms with Crippen LogP contribution in [0.25, 0.3) is 0 Å². The van der Waals surface area contributed by atoms with Gasteiger partial charge < -0.3 is 10.4 Å². The van der Waals surface area contributed by atoms with Crippen molar-refractivity contribution in [2.24, 2.45) is 5.92 Å².